The summed E-state index contributed by atoms with van der Waals surface area (Å²) < 4.78 is 4.48. The molecule has 4 nitrogen and oxygen atoms in total. The summed E-state index contributed by atoms with van der Waals surface area (Å²) in [5, 5.41) is 15.3. The molecule has 0 amide bonds. The number of hydrogen-bond acceptors (Lipinski definition) is 1. The van der Waals surface area contributed by atoms with Gasteiger partial charge in [0.25, 0.3) is 0 Å². The molecule has 2 heterocycles. The highest BCUT2D eigenvalue weighted by Crippen LogP contribution is 2.40. The lowest BCUT2D eigenvalue weighted by Gasteiger charge is -2.17. The molecule has 0 fully saturated rings. The SMILES string of the molecule is [C-]#[N+]c1cccc2c3ccccc3n(-c3ccc(-c4cccc(-c5ccccc5-n5c6ccccc6c6ccccc65)c4C#N)cc3)c12. The molecule has 0 saturated heterocycles. The van der Waals surface area contributed by atoms with E-state index in [4.69, 9.17) is 6.57 Å². The van der Waals surface area contributed by atoms with Crippen LogP contribution < -0.4 is 0 Å². The van der Waals surface area contributed by atoms with Gasteiger partial charge in [0.1, 0.15) is 6.07 Å². The Morgan fingerprint density at radius 2 is 1.00 bits per heavy atom. The van der Waals surface area contributed by atoms with Crippen LogP contribution in [0.2, 0.25) is 0 Å². The number of hydrogen-bond donors (Lipinski definition) is 0. The Hall–Kier alpha value is -6.88. The van der Waals surface area contributed by atoms with E-state index in [1.165, 1.54) is 10.8 Å². The highest BCUT2D eigenvalue weighted by Gasteiger charge is 2.19. The first kappa shape index (κ1) is 27.4. The van der Waals surface area contributed by atoms with Crippen LogP contribution >= 0.6 is 0 Å². The van der Waals surface area contributed by atoms with E-state index in [1.807, 2.05) is 48.5 Å². The van der Waals surface area contributed by atoms with Gasteiger partial charge in [-0.15, -0.1) is 0 Å². The van der Waals surface area contributed by atoms with Crippen molar-refractivity contribution in [1.82, 2.24) is 9.13 Å². The van der Waals surface area contributed by atoms with Crippen molar-refractivity contribution >= 4 is 49.3 Å². The van der Waals surface area contributed by atoms with Crippen molar-refractivity contribution in [2.75, 3.05) is 0 Å². The number of para-hydroxylation sites is 5. The second-order valence-electron chi connectivity index (χ2n) is 11.9. The molecular formula is C44H26N4. The third-order valence-electron chi connectivity index (χ3n) is 9.42. The fourth-order valence-corrected chi connectivity index (χ4v) is 7.37. The summed E-state index contributed by atoms with van der Waals surface area (Å²) in [7, 11) is 0. The van der Waals surface area contributed by atoms with Crippen molar-refractivity contribution in [3.8, 4) is 39.7 Å². The number of nitriles is 1. The van der Waals surface area contributed by atoms with E-state index in [9.17, 15) is 5.26 Å². The predicted octanol–water partition coefficient (Wildman–Crippen LogP) is 11.6. The van der Waals surface area contributed by atoms with Crippen LogP contribution in [0.3, 0.4) is 0 Å². The van der Waals surface area contributed by atoms with Crippen LogP contribution in [0, 0.1) is 17.9 Å². The number of nitrogens with zero attached hydrogens (tertiary/aromatic N) is 4. The molecule has 222 valence electrons. The van der Waals surface area contributed by atoms with Gasteiger partial charge in [-0.3, -0.25) is 0 Å². The Labute approximate surface area is 277 Å². The number of benzene rings is 7. The molecule has 0 saturated carbocycles. The van der Waals surface area contributed by atoms with Crippen LogP contribution in [-0.4, -0.2) is 9.13 Å². The molecule has 9 rings (SSSR count). The summed E-state index contributed by atoms with van der Waals surface area (Å²) in [6.07, 6.45) is 0. The maximum Gasteiger partial charge on any atom is 0.211 e. The van der Waals surface area contributed by atoms with Crippen LogP contribution in [0.1, 0.15) is 5.56 Å². The quantitative estimate of drug-likeness (QED) is 0.183. The van der Waals surface area contributed by atoms with Crippen molar-refractivity contribution in [3.63, 3.8) is 0 Å². The molecule has 0 unspecified atom stereocenters. The molecule has 2 aromatic heterocycles. The summed E-state index contributed by atoms with van der Waals surface area (Å²) in [6, 6.07) is 56.5. The number of rotatable bonds is 4. The molecule has 4 heteroatoms. The Bertz CT molecular complexity index is 2750. The van der Waals surface area contributed by atoms with Gasteiger partial charge in [0, 0.05) is 38.5 Å². The van der Waals surface area contributed by atoms with Crippen LogP contribution in [0.15, 0.2) is 158 Å². The molecule has 0 N–H and O–H groups in total. The summed E-state index contributed by atoms with van der Waals surface area (Å²) in [4.78, 5) is 3.86. The Morgan fingerprint density at radius 3 is 1.67 bits per heavy atom. The topological polar surface area (TPSA) is 38.0 Å². The van der Waals surface area contributed by atoms with Crippen molar-refractivity contribution in [1.29, 1.82) is 5.26 Å². The average molecular weight is 611 g/mol. The first-order valence-corrected chi connectivity index (χ1v) is 15.9. The monoisotopic (exact) mass is 610 g/mol. The van der Waals surface area contributed by atoms with Gasteiger partial charge in [0.05, 0.1) is 39.9 Å². The third kappa shape index (κ3) is 4.01. The number of aromatic nitrogens is 2. The smallest absolute Gasteiger partial charge is 0.211 e. The lowest BCUT2D eigenvalue weighted by atomic mass is 9.91. The van der Waals surface area contributed by atoms with Gasteiger partial charge in [-0.25, -0.2) is 4.85 Å². The van der Waals surface area contributed by atoms with Crippen molar-refractivity contribution in [2.45, 2.75) is 0 Å². The van der Waals surface area contributed by atoms with E-state index in [-0.39, 0.29) is 0 Å². The maximum atomic E-state index is 10.7. The summed E-state index contributed by atoms with van der Waals surface area (Å²) in [5.41, 5.74) is 11.2. The Balaban J connectivity index is 1.21. The van der Waals surface area contributed by atoms with E-state index >= 15 is 0 Å². The van der Waals surface area contributed by atoms with Gasteiger partial charge in [0.15, 0.2) is 0 Å². The molecule has 7 aromatic carbocycles. The molecule has 48 heavy (non-hydrogen) atoms. The second kappa shape index (κ2) is 10.9. The molecule has 0 radical (unpaired) electrons. The molecule has 0 aliphatic rings. The van der Waals surface area contributed by atoms with Crippen LogP contribution in [0.5, 0.6) is 0 Å². The zero-order chi connectivity index (χ0) is 32.2. The fraction of sp³-hybridized carbons (Fsp3) is 0. The largest absolute Gasteiger partial charge is 0.319 e. The Kier molecular flexibility index (Phi) is 6.22. The van der Waals surface area contributed by atoms with Crippen molar-refractivity contribution in [3.05, 3.63) is 175 Å². The number of fused-ring (bicyclic) bond motifs is 6. The Morgan fingerprint density at radius 1 is 0.479 bits per heavy atom. The van der Waals surface area contributed by atoms with E-state index in [1.54, 1.807) is 0 Å². The molecule has 0 bridgehead atoms. The zero-order valence-corrected chi connectivity index (χ0v) is 25.8. The van der Waals surface area contributed by atoms with Gasteiger partial charge >= 0.3 is 0 Å². The minimum Gasteiger partial charge on any atom is -0.319 e. The highest BCUT2D eigenvalue weighted by atomic mass is 15.0. The van der Waals surface area contributed by atoms with Crippen LogP contribution in [0.4, 0.5) is 5.69 Å². The predicted molar refractivity (Wildman–Crippen MR) is 197 cm³/mol. The lowest BCUT2D eigenvalue weighted by Crippen LogP contribution is -1.99. The second-order valence-corrected chi connectivity index (χ2v) is 11.9. The molecule has 0 atom stereocenters. The highest BCUT2D eigenvalue weighted by molar-refractivity contribution is 6.13. The first-order valence-electron chi connectivity index (χ1n) is 15.9. The maximum absolute atomic E-state index is 10.7. The lowest BCUT2D eigenvalue weighted by molar-refractivity contribution is 1.18. The minimum atomic E-state index is 0.620. The first-order chi connectivity index (χ1) is 23.8. The minimum absolute atomic E-state index is 0.620. The molecular weight excluding hydrogens is 585 g/mol. The summed E-state index contributed by atoms with van der Waals surface area (Å²) in [6.45, 7) is 7.86. The van der Waals surface area contributed by atoms with E-state index in [0.29, 0.717) is 11.3 Å². The third-order valence-corrected chi connectivity index (χ3v) is 9.42. The molecule has 9 aromatic rings. The van der Waals surface area contributed by atoms with E-state index in [2.05, 4.69) is 129 Å². The van der Waals surface area contributed by atoms with Gasteiger partial charge in [-0.05, 0) is 47.3 Å². The van der Waals surface area contributed by atoms with Crippen LogP contribution in [0.25, 0.3) is 82.1 Å². The van der Waals surface area contributed by atoms with Gasteiger partial charge < -0.3 is 9.13 Å². The van der Waals surface area contributed by atoms with Gasteiger partial charge in [-0.1, -0.05) is 121 Å². The van der Waals surface area contributed by atoms with Crippen LogP contribution in [-0.2, 0) is 0 Å². The molecule has 0 aliphatic heterocycles. The summed E-state index contributed by atoms with van der Waals surface area (Å²) >= 11 is 0. The van der Waals surface area contributed by atoms with Crippen molar-refractivity contribution < 1.29 is 0 Å². The fourth-order valence-electron chi connectivity index (χ4n) is 7.37. The molecule has 0 aliphatic carbocycles. The summed E-state index contributed by atoms with van der Waals surface area (Å²) in [5.74, 6) is 0. The van der Waals surface area contributed by atoms with E-state index < -0.39 is 0 Å². The normalized spacial score (nSPS) is 11.3. The average Bonchev–Trinajstić information content (AvgIpc) is 3.68. The zero-order valence-electron chi connectivity index (χ0n) is 25.8. The van der Waals surface area contributed by atoms with Gasteiger partial charge in [0.2, 0.25) is 5.69 Å². The van der Waals surface area contributed by atoms with Gasteiger partial charge in [-0.2, -0.15) is 5.26 Å². The van der Waals surface area contributed by atoms with Crippen molar-refractivity contribution in [2.24, 2.45) is 0 Å². The van der Waals surface area contributed by atoms with E-state index in [0.717, 1.165) is 66.5 Å². The standard InChI is InChI=1S/C44H26N4/c1-46-39-19-11-18-37-36-15-5-6-20-40(36)47(44(37)39)30-26-24-29(25-27-30)31-16-10-17-32(38(31)28-45)33-12-2-7-21-41(33)48-42-22-8-3-13-34(42)35-14-4-9-23-43(35)48/h2-27H. The molecule has 0 spiro atoms.